The van der Waals surface area contributed by atoms with Crippen LogP contribution >= 0.6 is 0 Å². The molecule has 0 bridgehead atoms. The number of carbonyl (C=O) groups excluding carboxylic acids is 1. The minimum atomic E-state index is -3.07. The number of hydrogen-bond acceptors (Lipinski definition) is 4. The number of benzene rings is 1. The van der Waals surface area contributed by atoms with Gasteiger partial charge in [-0.05, 0) is 56.8 Å². The summed E-state index contributed by atoms with van der Waals surface area (Å²) in [6.45, 7) is 0.819. The van der Waals surface area contributed by atoms with Gasteiger partial charge < -0.3 is 9.80 Å². The number of rotatable bonds is 6. The molecule has 1 heterocycles. The van der Waals surface area contributed by atoms with Gasteiger partial charge in [-0.3, -0.25) is 4.79 Å². The smallest absolute Gasteiger partial charge is 0.227 e. The van der Waals surface area contributed by atoms with Gasteiger partial charge in [-0.15, -0.1) is 0 Å². The van der Waals surface area contributed by atoms with Crippen molar-refractivity contribution in [1.82, 2.24) is 4.90 Å². The molecule has 1 aliphatic heterocycles. The molecule has 1 fully saturated rings. The summed E-state index contributed by atoms with van der Waals surface area (Å²) in [4.78, 5) is 17.3. The van der Waals surface area contributed by atoms with Gasteiger partial charge in [-0.2, -0.15) is 0 Å². The molecule has 1 aromatic rings. The zero-order valence-electron chi connectivity index (χ0n) is 15.4. The van der Waals surface area contributed by atoms with Crippen LogP contribution in [0.4, 0.5) is 5.69 Å². The van der Waals surface area contributed by atoms with Crippen molar-refractivity contribution in [3.63, 3.8) is 0 Å². The maximum Gasteiger partial charge on any atom is 0.227 e. The molecule has 138 valence electrons. The molecule has 0 radical (unpaired) electrons. The summed E-state index contributed by atoms with van der Waals surface area (Å²) < 4.78 is 23.4. The van der Waals surface area contributed by atoms with Crippen molar-refractivity contribution in [2.45, 2.75) is 38.1 Å². The number of likely N-dealkylation sites (N-methyl/N-ethyl adjacent to an activating group) is 1. The normalized spacial score (nSPS) is 21.9. The highest BCUT2D eigenvalue weighted by molar-refractivity contribution is 7.90. The van der Waals surface area contributed by atoms with E-state index < -0.39 is 9.84 Å². The molecular weight excluding hydrogens is 336 g/mol. The van der Waals surface area contributed by atoms with Gasteiger partial charge in [0.15, 0.2) is 0 Å². The zero-order valence-corrected chi connectivity index (χ0v) is 16.2. The molecule has 25 heavy (non-hydrogen) atoms. The number of para-hydroxylation sites is 1. The van der Waals surface area contributed by atoms with Crippen LogP contribution in [-0.2, 0) is 21.1 Å². The second kappa shape index (κ2) is 6.72. The molecule has 0 N–H and O–H groups in total. The molecule has 3 rings (SSSR count). The summed E-state index contributed by atoms with van der Waals surface area (Å²) in [7, 11) is 0.978. The second-order valence-electron chi connectivity index (χ2n) is 8.09. The topological polar surface area (TPSA) is 57.7 Å². The number of aryl methyl sites for hydroxylation is 1. The Morgan fingerprint density at radius 2 is 1.96 bits per heavy atom. The predicted octanol–water partition coefficient (Wildman–Crippen LogP) is 2.11. The zero-order chi connectivity index (χ0) is 18.2. The standard InChI is InChI=1S/C19H28N2O3S/c1-20(2)13-16-9-8-15-6-4-5-7-17(15)21(16)18(22)12-19(10-11-19)14-25(3,23)24/h4-7,16H,8-14H2,1-3H3. The van der Waals surface area contributed by atoms with Crippen LogP contribution < -0.4 is 4.90 Å². The van der Waals surface area contributed by atoms with E-state index in [4.69, 9.17) is 0 Å². The Bertz CT molecular complexity index is 754. The first-order valence-electron chi connectivity index (χ1n) is 8.92. The fourth-order valence-electron chi connectivity index (χ4n) is 4.05. The lowest BCUT2D eigenvalue weighted by Gasteiger charge is -2.39. The molecule has 1 aromatic carbocycles. The van der Waals surface area contributed by atoms with Gasteiger partial charge in [0.1, 0.15) is 9.84 Å². The molecule has 1 saturated carbocycles. The monoisotopic (exact) mass is 364 g/mol. The first kappa shape index (κ1) is 18.4. The number of fused-ring (bicyclic) bond motifs is 1. The highest BCUT2D eigenvalue weighted by atomic mass is 32.2. The van der Waals surface area contributed by atoms with Gasteiger partial charge in [0, 0.05) is 31.0 Å². The van der Waals surface area contributed by atoms with Gasteiger partial charge in [0.05, 0.1) is 5.75 Å². The maximum absolute atomic E-state index is 13.2. The molecule has 5 nitrogen and oxygen atoms in total. The molecule has 1 unspecified atom stereocenters. The summed E-state index contributed by atoms with van der Waals surface area (Å²) >= 11 is 0. The van der Waals surface area contributed by atoms with E-state index >= 15 is 0 Å². The number of carbonyl (C=O) groups is 1. The first-order valence-corrected chi connectivity index (χ1v) is 11.0. The Morgan fingerprint density at radius 3 is 2.56 bits per heavy atom. The molecule has 0 saturated heterocycles. The van der Waals surface area contributed by atoms with Gasteiger partial charge >= 0.3 is 0 Å². The third-order valence-corrected chi connectivity index (χ3v) is 6.40. The summed E-state index contributed by atoms with van der Waals surface area (Å²) in [6.07, 6.45) is 5.19. The average Bonchev–Trinajstić information content (AvgIpc) is 3.23. The molecule has 1 aliphatic carbocycles. The lowest BCUT2D eigenvalue weighted by Crippen LogP contribution is -2.49. The van der Waals surface area contributed by atoms with Crippen molar-refractivity contribution in [2.24, 2.45) is 5.41 Å². The van der Waals surface area contributed by atoms with Crippen molar-refractivity contribution in [3.05, 3.63) is 29.8 Å². The van der Waals surface area contributed by atoms with Gasteiger partial charge in [-0.1, -0.05) is 18.2 Å². The van der Waals surface area contributed by atoms with E-state index in [-0.39, 0.29) is 23.1 Å². The number of hydrogen-bond donors (Lipinski definition) is 0. The van der Waals surface area contributed by atoms with Crippen molar-refractivity contribution in [1.29, 1.82) is 0 Å². The largest absolute Gasteiger partial charge is 0.308 e. The maximum atomic E-state index is 13.2. The van der Waals surface area contributed by atoms with E-state index in [0.717, 1.165) is 37.9 Å². The minimum Gasteiger partial charge on any atom is -0.308 e. The molecule has 1 amide bonds. The van der Waals surface area contributed by atoms with Gasteiger partial charge in [0.25, 0.3) is 0 Å². The van der Waals surface area contributed by atoms with Crippen molar-refractivity contribution in [3.8, 4) is 0 Å². The van der Waals surface area contributed by atoms with Crippen LogP contribution in [-0.4, -0.2) is 57.9 Å². The Labute approximate surface area is 150 Å². The summed E-state index contributed by atoms with van der Waals surface area (Å²) in [5.41, 5.74) is 1.87. The van der Waals surface area contributed by atoms with Crippen LogP contribution in [0.15, 0.2) is 24.3 Å². The SMILES string of the molecule is CN(C)CC1CCc2ccccc2N1C(=O)CC1(CS(C)(=O)=O)CC1. The number of nitrogens with zero attached hydrogens (tertiary/aromatic N) is 2. The summed E-state index contributed by atoms with van der Waals surface area (Å²) in [6, 6.07) is 8.24. The van der Waals surface area contributed by atoms with Crippen LogP contribution in [0.5, 0.6) is 0 Å². The highest BCUT2D eigenvalue weighted by Crippen LogP contribution is 2.50. The summed E-state index contributed by atoms with van der Waals surface area (Å²) in [5, 5.41) is 0. The van der Waals surface area contributed by atoms with E-state index in [1.807, 2.05) is 37.2 Å². The minimum absolute atomic E-state index is 0.0696. The van der Waals surface area contributed by atoms with Crippen molar-refractivity contribution < 1.29 is 13.2 Å². The molecule has 1 atom stereocenters. The van der Waals surface area contributed by atoms with Crippen LogP contribution in [0.3, 0.4) is 0 Å². The van der Waals surface area contributed by atoms with Crippen molar-refractivity contribution in [2.75, 3.05) is 37.5 Å². The summed E-state index contributed by atoms with van der Waals surface area (Å²) in [5.74, 6) is 0.194. The lowest BCUT2D eigenvalue weighted by atomic mass is 9.93. The Hall–Kier alpha value is -1.40. The first-order chi connectivity index (χ1) is 11.7. The third-order valence-electron chi connectivity index (χ3n) is 5.26. The molecule has 6 heteroatoms. The van der Waals surface area contributed by atoms with Crippen LogP contribution in [0, 0.1) is 5.41 Å². The third kappa shape index (κ3) is 4.42. The van der Waals surface area contributed by atoms with Crippen LogP contribution in [0.2, 0.25) is 0 Å². The lowest BCUT2D eigenvalue weighted by molar-refractivity contribution is -0.120. The van der Waals surface area contributed by atoms with E-state index in [9.17, 15) is 13.2 Å². The van der Waals surface area contributed by atoms with Crippen LogP contribution in [0.25, 0.3) is 0 Å². The van der Waals surface area contributed by atoms with Crippen molar-refractivity contribution >= 4 is 21.4 Å². The highest BCUT2D eigenvalue weighted by Gasteiger charge is 2.48. The van der Waals surface area contributed by atoms with Gasteiger partial charge in [-0.25, -0.2) is 8.42 Å². The van der Waals surface area contributed by atoms with Crippen LogP contribution in [0.1, 0.15) is 31.2 Å². The second-order valence-corrected chi connectivity index (χ2v) is 10.2. The molecule has 2 aliphatic rings. The van der Waals surface area contributed by atoms with E-state index in [2.05, 4.69) is 11.0 Å². The quantitative estimate of drug-likeness (QED) is 0.776. The fraction of sp³-hybridized carbons (Fsp3) is 0.632. The Morgan fingerprint density at radius 1 is 1.28 bits per heavy atom. The Kier molecular flexibility index (Phi) is 4.95. The molecule has 0 aromatic heterocycles. The fourth-order valence-corrected chi connectivity index (χ4v) is 5.55. The Balaban J connectivity index is 1.84. The predicted molar refractivity (Wildman–Crippen MR) is 101 cm³/mol. The van der Waals surface area contributed by atoms with E-state index in [0.29, 0.717) is 6.42 Å². The van der Waals surface area contributed by atoms with E-state index in [1.54, 1.807) is 0 Å². The molecular formula is C19H28N2O3S. The van der Waals surface area contributed by atoms with E-state index in [1.165, 1.54) is 11.8 Å². The number of amides is 1. The molecule has 0 spiro atoms. The number of anilines is 1. The van der Waals surface area contributed by atoms with Gasteiger partial charge in [0.2, 0.25) is 5.91 Å². The number of sulfone groups is 1. The average molecular weight is 365 g/mol.